The van der Waals surface area contributed by atoms with Gasteiger partial charge < -0.3 is 14.8 Å². The highest BCUT2D eigenvalue weighted by Gasteiger charge is 2.12. The van der Waals surface area contributed by atoms with E-state index in [1.165, 1.54) is 20.4 Å². The summed E-state index contributed by atoms with van der Waals surface area (Å²) in [5.41, 5.74) is 3.58. The Morgan fingerprint density at radius 2 is 1.81 bits per heavy atom. The van der Waals surface area contributed by atoms with Crippen LogP contribution in [0.1, 0.15) is 11.1 Å². The zero-order valence-corrected chi connectivity index (χ0v) is 15.0. The van der Waals surface area contributed by atoms with Crippen LogP contribution in [0.15, 0.2) is 47.6 Å². The van der Waals surface area contributed by atoms with E-state index in [0.717, 1.165) is 5.56 Å². The first kappa shape index (κ1) is 19.3. The summed E-state index contributed by atoms with van der Waals surface area (Å²) in [4.78, 5) is 23.6. The molecule has 2 N–H and O–H groups in total. The molecule has 0 aliphatic rings. The van der Waals surface area contributed by atoms with Gasteiger partial charge in [-0.3, -0.25) is 9.59 Å². The van der Waals surface area contributed by atoms with Gasteiger partial charge in [0, 0.05) is 17.1 Å². The van der Waals surface area contributed by atoms with E-state index in [9.17, 15) is 9.59 Å². The van der Waals surface area contributed by atoms with Crippen molar-refractivity contribution in [2.75, 3.05) is 14.2 Å². The first-order valence-corrected chi connectivity index (χ1v) is 7.99. The van der Waals surface area contributed by atoms with Gasteiger partial charge in [0.2, 0.25) is 0 Å². The number of benzene rings is 2. The summed E-state index contributed by atoms with van der Waals surface area (Å²) in [7, 11) is 3.02. The number of methoxy groups -OCH3 is 2. The molecule has 0 radical (unpaired) electrons. The monoisotopic (exact) mass is 375 g/mol. The third kappa shape index (κ3) is 5.22. The van der Waals surface area contributed by atoms with Gasteiger partial charge in [-0.2, -0.15) is 5.10 Å². The van der Waals surface area contributed by atoms with Crippen LogP contribution in [0.4, 0.5) is 0 Å². The molecule has 2 aromatic rings. The van der Waals surface area contributed by atoms with Crippen LogP contribution in [-0.4, -0.2) is 32.2 Å². The number of para-hydroxylation sites is 1. The molecule has 0 spiro atoms. The van der Waals surface area contributed by atoms with Crippen LogP contribution < -0.4 is 20.2 Å². The van der Waals surface area contributed by atoms with Gasteiger partial charge in [0.05, 0.1) is 20.4 Å². The predicted molar refractivity (Wildman–Crippen MR) is 98.6 cm³/mol. The van der Waals surface area contributed by atoms with Gasteiger partial charge in [-0.25, -0.2) is 5.43 Å². The summed E-state index contributed by atoms with van der Waals surface area (Å²) >= 11 is 5.79. The second kappa shape index (κ2) is 9.43. The highest BCUT2D eigenvalue weighted by atomic mass is 35.5. The fourth-order valence-electron chi connectivity index (χ4n) is 2.09. The quantitative estimate of drug-likeness (QED) is 0.460. The van der Waals surface area contributed by atoms with Crippen molar-refractivity contribution in [3.63, 3.8) is 0 Å². The zero-order valence-electron chi connectivity index (χ0n) is 14.3. The molecule has 0 bridgehead atoms. The Morgan fingerprint density at radius 1 is 1.08 bits per heavy atom. The Morgan fingerprint density at radius 3 is 2.46 bits per heavy atom. The van der Waals surface area contributed by atoms with Gasteiger partial charge in [0.15, 0.2) is 11.5 Å². The average Bonchev–Trinajstić information content (AvgIpc) is 2.66. The normalized spacial score (nSPS) is 10.4. The minimum Gasteiger partial charge on any atom is -0.493 e. The van der Waals surface area contributed by atoms with Crippen LogP contribution >= 0.6 is 11.6 Å². The second-order valence-electron chi connectivity index (χ2n) is 5.09. The molecule has 0 saturated heterocycles. The van der Waals surface area contributed by atoms with E-state index in [1.54, 1.807) is 42.5 Å². The van der Waals surface area contributed by atoms with E-state index in [4.69, 9.17) is 21.1 Å². The Bertz CT molecular complexity index is 807. The van der Waals surface area contributed by atoms with Gasteiger partial charge >= 0.3 is 11.8 Å². The molecule has 0 unspecified atom stereocenters. The van der Waals surface area contributed by atoms with Crippen molar-refractivity contribution in [2.45, 2.75) is 6.54 Å². The van der Waals surface area contributed by atoms with E-state index in [-0.39, 0.29) is 6.54 Å². The van der Waals surface area contributed by atoms with Crippen molar-refractivity contribution in [3.8, 4) is 11.5 Å². The fourth-order valence-corrected chi connectivity index (χ4v) is 2.22. The number of amides is 2. The summed E-state index contributed by atoms with van der Waals surface area (Å²) < 4.78 is 10.4. The molecule has 2 rings (SSSR count). The van der Waals surface area contributed by atoms with Gasteiger partial charge in [-0.1, -0.05) is 29.8 Å². The molecule has 2 amide bonds. The van der Waals surface area contributed by atoms with Gasteiger partial charge in [0.25, 0.3) is 0 Å². The number of nitrogens with zero attached hydrogens (tertiary/aromatic N) is 1. The highest BCUT2D eigenvalue weighted by Crippen LogP contribution is 2.29. The highest BCUT2D eigenvalue weighted by molar-refractivity contribution is 6.35. The lowest BCUT2D eigenvalue weighted by atomic mass is 10.2. The lowest BCUT2D eigenvalue weighted by molar-refractivity contribution is -0.139. The van der Waals surface area contributed by atoms with Crippen LogP contribution in [0, 0.1) is 0 Å². The standard InChI is InChI=1S/C18H18ClN3O4/c1-25-15-5-3-4-13(16(15)26-2)11-21-22-18(24)17(23)20-10-12-6-8-14(19)9-7-12/h3-9,11H,10H2,1-2H3,(H,20,23)(H,22,24)/b21-11+. The van der Waals surface area contributed by atoms with Crippen molar-refractivity contribution >= 4 is 29.6 Å². The summed E-state index contributed by atoms with van der Waals surface area (Å²) in [6.07, 6.45) is 1.37. The summed E-state index contributed by atoms with van der Waals surface area (Å²) in [6, 6.07) is 12.1. The summed E-state index contributed by atoms with van der Waals surface area (Å²) in [5.74, 6) is -0.671. The molecule has 0 heterocycles. The molecule has 7 nitrogen and oxygen atoms in total. The number of carbonyl (C=O) groups is 2. The molecule has 0 atom stereocenters. The SMILES string of the molecule is COc1cccc(/C=N/NC(=O)C(=O)NCc2ccc(Cl)cc2)c1OC. The second-order valence-corrected chi connectivity index (χ2v) is 5.53. The number of hydrazone groups is 1. The Balaban J connectivity index is 1.90. The predicted octanol–water partition coefficient (Wildman–Crippen LogP) is 2.12. The average molecular weight is 376 g/mol. The third-order valence-electron chi connectivity index (χ3n) is 3.38. The number of hydrogen-bond donors (Lipinski definition) is 2. The minimum absolute atomic E-state index is 0.205. The molecule has 0 aliphatic carbocycles. The van der Waals surface area contributed by atoms with E-state index >= 15 is 0 Å². The van der Waals surface area contributed by atoms with Crippen LogP contribution in [0.3, 0.4) is 0 Å². The Labute approximate surface area is 155 Å². The van der Waals surface area contributed by atoms with E-state index in [1.807, 2.05) is 0 Å². The zero-order chi connectivity index (χ0) is 18.9. The number of carbonyl (C=O) groups excluding carboxylic acids is 2. The molecule has 136 valence electrons. The molecule has 0 saturated carbocycles. The van der Waals surface area contributed by atoms with Crippen molar-refractivity contribution in [3.05, 3.63) is 58.6 Å². The molecule has 8 heteroatoms. The summed E-state index contributed by atoms with van der Waals surface area (Å²) in [6.45, 7) is 0.205. The van der Waals surface area contributed by atoms with Crippen LogP contribution in [0.5, 0.6) is 11.5 Å². The van der Waals surface area contributed by atoms with Crippen molar-refractivity contribution in [2.24, 2.45) is 5.10 Å². The number of halogens is 1. The maximum absolute atomic E-state index is 11.8. The number of ether oxygens (including phenoxy) is 2. The molecule has 2 aromatic carbocycles. The van der Waals surface area contributed by atoms with Crippen molar-refractivity contribution in [1.29, 1.82) is 0 Å². The Hall–Kier alpha value is -3.06. The Kier molecular flexibility index (Phi) is 6.99. The molecule has 26 heavy (non-hydrogen) atoms. The molecule has 0 aliphatic heterocycles. The fraction of sp³-hybridized carbons (Fsp3) is 0.167. The van der Waals surface area contributed by atoms with E-state index < -0.39 is 11.8 Å². The summed E-state index contributed by atoms with van der Waals surface area (Å²) in [5, 5.41) is 6.87. The number of hydrogen-bond acceptors (Lipinski definition) is 5. The topological polar surface area (TPSA) is 89.0 Å². The number of nitrogens with one attached hydrogen (secondary N) is 2. The maximum Gasteiger partial charge on any atom is 0.329 e. The van der Waals surface area contributed by atoms with Crippen LogP contribution in [0.2, 0.25) is 5.02 Å². The van der Waals surface area contributed by atoms with E-state index in [0.29, 0.717) is 22.1 Å². The van der Waals surface area contributed by atoms with Crippen molar-refractivity contribution in [1.82, 2.24) is 10.7 Å². The minimum atomic E-state index is -0.878. The van der Waals surface area contributed by atoms with Gasteiger partial charge in [-0.15, -0.1) is 0 Å². The smallest absolute Gasteiger partial charge is 0.329 e. The largest absolute Gasteiger partial charge is 0.493 e. The molecule has 0 fully saturated rings. The van der Waals surface area contributed by atoms with E-state index in [2.05, 4.69) is 15.8 Å². The van der Waals surface area contributed by atoms with Gasteiger partial charge in [-0.05, 0) is 29.8 Å². The first-order valence-electron chi connectivity index (χ1n) is 7.61. The number of rotatable bonds is 6. The third-order valence-corrected chi connectivity index (χ3v) is 3.63. The molecular weight excluding hydrogens is 358 g/mol. The van der Waals surface area contributed by atoms with Crippen LogP contribution in [0.25, 0.3) is 0 Å². The van der Waals surface area contributed by atoms with Gasteiger partial charge in [0.1, 0.15) is 0 Å². The lowest BCUT2D eigenvalue weighted by Crippen LogP contribution is -2.37. The molecule has 0 aromatic heterocycles. The maximum atomic E-state index is 11.8. The van der Waals surface area contributed by atoms with Crippen molar-refractivity contribution < 1.29 is 19.1 Å². The van der Waals surface area contributed by atoms with Crippen LogP contribution in [-0.2, 0) is 16.1 Å². The molecular formula is C18H18ClN3O4. The lowest BCUT2D eigenvalue weighted by Gasteiger charge is -2.09. The first-order chi connectivity index (χ1) is 12.5.